The molecule has 1 saturated heterocycles. The summed E-state index contributed by atoms with van der Waals surface area (Å²) in [5.74, 6) is 1.45. The molecule has 0 saturated carbocycles. The molecule has 1 aromatic carbocycles. The smallest absolute Gasteiger partial charge is 0.268 e. The minimum atomic E-state index is 0.0932. The van der Waals surface area contributed by atoms with Gasteiger partial charge in [0.1, 0.15) is 0 Å². The minimum absolute atomic E-state index is 0.0932. The number of nitrogens with zero attached hydrogens (tertiary/aromatic N) is 3. The quantitative estimate of drug-likeness (QED) is 0.792. The molecule has 3 heterocycles. The lowest BCUT2D eigenvalue weighted by Gasteiger charge is -2.18. The van der Waals surface area contributed by atoms with E-state index >= 15 is 0 Å². The van der Waals surface area contributed by atoms with Crippen LogP contribution in [0.25, 0.3) is 20.9 Å². The van der Waals surface area contributed by atoms with E-state index in [1.54, 1.807) is 11.3 Å². The highest BCUT2D eigenvalue weighted by Gasteiger charge is 2.25. The van der Waals surface area contributed by atoms with Crippen molar-refractivity contribution in [3.63, 3.8) is 0 Å². The summed E-state index contributed by atoms with van der Waals surface area (Å²) < 4.78 is 6.68. The van der Waals surface area contributed by atoms with Crippen molar-refractivity contribution < 1.29 is 9.32 Å². The number of piperidine rings is 1. The van der Waals surface area contributed by atoms with E-state index in [0.29, 0.717) is 24.7 Å². The number of anilines is 1. The number of fused-ring (bicyclic) bond motifs is 1. The van der Waals surface area contributed by atoms with Crippen LogP contribution in [0.4, 0.5) is 5.69 Å². The first-order valence-corrected chi connectivity index (χ1v) is 8.74. The Labute approximate surface area is 143 Å². The molecule has 0 aliphatic carbocycles. The summed E-state index contributed by atoms with van der Waals surface area (Å²) in [6.07, 6.45) is 1.28. The Kier molecular flexibility index (Phi) is 3.72. The molecule has 3 aromatic rings. The van der Waals surface area contributed by atoms with Crippen LogP contribution >= 0.6 is 11.3 Å². The molecule has 1 aliphatic heterocycles. The van der Waals surface area contributed by atoms with Crippen LogP contribution in [0.2, 0.25) is 0 Å². The monoisotopic (exact) mass is 342 g/mol. The number of amides is 1. The summed E-state index contributed by atoms with van der Waals surface area (Å²) >= 11 is 1.65. The zero-order valence-corrected chi connectivity index (χ0v) is 14.4. The van der Waals surface area contributed by atoms with Gasteiger partial charge < -0.3 is 14.7 Å². The summed E-state index contributed by atoms with van der Waals surface area (Å²) in [5, 5.41) is 8.17. The topological polar surface area (TPSA) is 71.3 Å². The van der Waals surface area contributed by atoms with Gasteiger partial charge in [-0.3, -0.25) is 4.79 Å². The van der Waals surface area contributed by atoms with E-state index in [0.717, 1.165) is 11.3 Å². The van der Waals surface area contributed by atoms with E-state index in [2.05, 4.69) is 44.6 Å². The van der Waals surface area contributed by atoms with Gasteiger partial charge >= 0.3 is 0 Å². The van der Waals surface area contributed by atoms with Gasteiger partial charge in [-0.15, -0.1) is 11.3 Å². The van der Waals surface area contributed by atoms with Gasteiger partial charge in [-0.1, -0.05) is 11.2 Å². The molecule has 0 bridgehead atoms. The van der Waals surface area contributed by atoms with Gasteiger partial charge in [0.05, 0.1) is 4.88 Å². The van der Waals surface area contributed by atoms with Gasteiger partial charge in [0.25, 0.3) is 5.89 Å². The van der Waals surface area contributed by atoms with Crippen LogP contribution in [0.5, 0.6) is 0 Å². The second-order valence-corrected chi connectivity index (χ2v) is 7.28. The number of nitrogens with one attached hydrogen (secondary N) is 1. The highest BCUT2D eigenvalue weighted by Crippen LogP contribution is 2.37. The number of rotatable bonds is 3. The maximum Gasteiger partial charge on any atom is 0.268 e. The molecule has 1 unspecified atom stereocenters. The molecule has 1 fully saturated rings. The van der Waals surface area contributed by atoms with E-state index in [9.17, 15) is 4.79 Å². The molecule has 2 aromatic heterocycles. The molecule has 6 nitrogen and oxygen atoms in total. The summed E-state index contributed by atoms with van der Waals surface area (Å²) in [7, 11) is 4.07. The summed E-state index contributed by atoms with van der Waals surface area (Å²) in [6.45, 7) is 0.578. The van der Waals surface area contributed by atoms with Gasteiger partial charge in [0.2, 0.25) is 5.91 Å². The minimum Gasteiger partial charge on any atom is -0.377 e. The van der Waals surface area contributed by atoms with E-state index in [1.807, 2.05) is 14.1 Å². The lowest BCUT2D eigenvalue weighted by Crippen LogP contribution is -2.34. The summed E-state index contributed by atoms with van der Waals surface area (Å²) in [4.78, 5) is 18.9. The summed E-state index contributed by atoms with van der Waals surface area (Å²) in [6, 6.07) is 8.37. The lowest BCUT2D eigenvalue weighted by atomic mass is 9.99. The predicted molar refractivity (Wildman–Crippen MR) is 94.4 cm³/mol. The van der Waals surface area contributed by atoms with Crippen LogP contribution < -0.4 is 10.2 Å². The van der Waals surface area contributed by atoms with Crippen molar-refractivity contribution >= 4 is 33.0 Å². The first kappa shape index (κ1) is 15.1. The Morgan fingerprint density at radius 3 is 3.00 bits per heavy atom. The molecule has 0 spiro atoms. The molecule has 1 atom stereocenters. The molecule has 1 N–H and O–H groups in total. The zero-order chi connectivity index (χ0) is 16.7. The maximum absolute atomic E-state index is 11.3. The van der Waals surface area contributed by atoms with Gasteiger partial charge in [-0.25, -0.2) is 0 Å². The van der Waals surface area contributed by atoms with Crippen LogP contribution in [0, 0.1) is 0 Å². The molecule has 7 heteroatoms. The number of aromatic nitrogens is 2. The summed E-state index contributed by atoms with van der Waals surface area (Å²) in [5.41, 5.74) is 1.17. The van der Waals surface area contributed by atoms with Crippen molar-refractivity contribution in [2.24, 2.45) is 0 Å². The van der Waals surface area contributed by atoms with Crippen molar-refractivity contribution in [1.82, 2.24) is 15.5 Å². The largest absolute Gasteiger partial charge is 0.377 e. The fourth-order valence-corrected chi connectivity index (χ4v) is 4.00. The van der Waals surface area contributed by atoms with Crippen molar-refractivity contribution in [2.45, 2.75) is 18.8 Å². The third-order valence-electron chi connectivity index (χ3n) is 4.30. The van der Waals surface area contributed by atoms with E-state index in [1.165, 1.54) is 15.8 Å². The van der Waals surface area contributed by atoms with Gasteiger partial charge in [0.15, 0.2) is 5.82 Å². The Balaban J connectivity index is 1.66. The van der Waals surface area contributed by atoms with Crippen LogP contribution in [-0.2, 0) is 4.79 Å². The Bertz CT molecular complexity index is 889. The molecular formula is C17H18N4O2S. The Morgan fingerprint density at radius 1 is 1.38 bits per heavy atom. The van der Waals surface area contributed by atoms with Crippen molar-refractivity contribution in [1.29, 1.82) is 0 Å². The fraction of sp³-hybridized carbons (Fsp3) is 0.353. The van der Waals surface area contributed by atoms with Crippen LogP contribution in [-0.4, -0.2) is 36.7 Å². The molecule has 24 heavy (non-hydrogen) atoms. The average molecular weight is 342 g/mol. The van der Waals surface area contributed by atoms with Crippen LogP contribution in [0.1, 0.15) is 24.6 Å². The highest BCUT2D eigenvalue weighted by molar-refractivity contribution is 7.22. The molecule has 0 radical (unpaired) electrons. The Morgan fingerprint density at radius 2 is 2.25 bits per heavy atom. The standard InChI is InChI=1S/C17H18N4O2S/c1-21(2)12-4-3-5-13-11(12)8-14(24-13)17-19-16(20-23-17)10-6-7-15(22)18-9-10/h3-5,8,10H,6-7,9H2,1-2H3,(H,18,22). The van der Waals surface area contributed by atoms with Gasteiger partial charge in [0, 0.05) is 48.8 Å². The maximum atomic E-state index is 11.3. The van der Waals surface area contributed by atoms with E-state index in [4.69, 9.17) is 4.52 Å². The number of benzene rings is 1. The third-order valence-corrected chi connectivity index (χ3v) is 5.39. The molecular weight excluding hydrogens is 324 g/mol. The molecule has 1 amide bonds. The lowest BCUT2D eigenvalue weighted by molar-refractivity contribution is -0.122. The van der Waals surface area contributed by atoms with E-state index < -0.39 is 0 Å². The molecule has 4 rings (SSSR count). The number of thiophene rings is 1. The normalized spacial score (nSPS) is 17.9. The predicted octanol–water partition coefficient (Wildman–Crippen LogP) is 3.01. The second-order valence-electron chi connectivity index (χ2n) is 6.19. The number of hydrogen-bond acceptors (Lipinski definition) is 6. The van der Waals surface area contributed by atoms with Gasteiger partial charge in [-0.05, 0) is 24.6 Å². The number of carbonyl (C=O) groups excluding carboxylic acids is 1. The average Bonchev–Trinajstić information content (AvgIpc) is 3.21. The second kappa shape index (κ2) is 5.90. The first-order valence-electron chi connectivity index (χ1n) is 7.92. The van der Waals surface area contributed by atoms with E-state index in [-0.39, 0.29) is 11.8 Å². The van der Waals surface area contributed by atoms with Crippen molar-refractivity contribution in [2.75, 3.05) is 25.5 Å². The highest BCUT2D eigenvalue weighted by atomic mass is 32.1. The number of hydrogen-bond donors (Lipinski definition) is 1. The fourth-order valence-electron chi connectivity index (χ4n) is 2.99. The molecule has 124 valence electrons. The molecule has 1 aliphatic rings. The Hall–Kier alpha value is -2.41. The first-order chi connectivity index (χ1) is 11.6. The van der Waals surface area contributed by atoms with Crippen molar-refractivity contribution in [3.05, 3.63) is 30.1 Å². The zero-order valence-electron chi connectivity index (χ0n) is 13.6. The SMILES string of the molecule is CN(C)c1cccc2sc(-c3nc(C4CCC(=O)NC4)no3)cc12. The van der Waals surface area contributed by atoms with Gasteiger partial charge in [-0.2, -0.15) is 4.98 Å². The van der Waals surface area contributed by atoms with Crippen molar-refractivity contribution in [3.8, 4) is 10.8 Å². The van der Waals surface area contributed by atoms with Crippen LogP contribution in [0.15, 0.2) is 28.8 Å². The van der Waals surface area contributed by atoms with Crippen LogP contribution in [0.3, 0.4) is 0 Å². The third kappa shape index (κ3) is 2.65. The number of carbonyl (C=O) groups is 1.